The summed E-state index contributed by atoms with van der Waals surface area (Å²) in [5, 5.41) is 0. The van der Waals surface area contributed by atoms with Crippen molar-refractivity contribution in [3.8, 4) is 0 Å². The smallest absolute Gasteiger partial charge is 0.223 e. The minimum absolute atomic E-state index is 0.201. The first-order valence-electron chi connectivity index (χ1n) is 7.82. The van der Waals surface area contributed by atoms with Crippen LogP contribution in [0.25, 0.3) is 0 Å². The number of piperidine rings is 1. The van der Waals surface area contributed by atoms with Crippen LogP contribution in [0, 0.1) is 5.92 Å². The third kappa shape index (κ3) is 4.46. The van der Waals surface area contributed by atoms with E-state index >= 15 is 0 Å². The number of amides is 1. The highest BCUT2D eigenvalue weighted by molar-refractivity contribution is 5.76. The van der Waals surface area contributed by atoms with Gasteiger partial charge in [0.2, 0.25) is 5.91 Å². The summed E-state index contributed by atoms with van der Waals surface area (Å²) < 4.78 is 6.21. The molecule has 1 saturated carbocycles. The van der Waals surface area contributed by atoms with Crippen LogP contribution in [0.3, 0.4) is 0 Å². The van der Waals surface area contributed by atoms with Gasteiger partial charge in [0.1, 0.15) is 0 Å². The zero-order valence-corrected chi connectivity index (χ0v) is 12.1. The molecule has 1 heterocycles. The first kappa shape index (κ1) is 14.8. The van der Waals surface area contributed by atoms with E-state index in [1.54, 1.807) is 0 Å². The van der Waals surface area contributed by atoms with Crippen LogP contribution in [0.15, 0.2) is 0 Å². The van der Waals surface area contributed by atoms with Crippen LogP contribution in [0.2, 0.25) is 0 Å². The van der Waals surface area contributed by atoms with Gasteiger partial charge in [-0.2, -0.15) is 0 Å². The molecule has 0 aromatic carbocycles. The normalized spacial score (nSPS) is 29.5. The molecule has 4 nitrogen and oxygen atoms in total. The number of nitrogens with two attached hydrogens (primary N) is 1. The van der Waals surface area contributed by atoms with Crippen molar-refractivity contribution in [2.45, 2.75) is 64.1 Å². The summed E-state index contributed by atoms with van der Waals surface area (Å²) in [4.78, 5) is 13.7. The molecule has 0 unspecified atom stereocenters. The van der Waals surface area contributed by atoms with Gasteiger partial charge in [-0.3, -0.25) is 4.79 Å². The fraction of sp³-hybridized carbons (Fsp3) is 0.933. The van der Waals surface area contributed by atoms with E-state index in [4.69, 9.17) is 10.5 Å². The Morgan fingerprint density at radius 2 is 1.68 bits per heavy atom. The maximum Gasteiger partial charge on any atom is 0.223 e. The molecule has 0 aromatic heterocycles. The van der Waals surface area contributed by atoms with Crippen molar-refractivity contribution in [3.63, 3.8) is 0 Å². The summed E-state index contributed by atoms with van der Waals surface area (Å²) in [6, 6.07) is 0. The first-order valence-corrected chi connectivity index (χ1v) is 7.82. The molecule has 1 aliphatic heterocycles. The topological polar surface area (TPSA) is 55.6 Å². The molecule has 0 aromatic rings. The van der Waals surface area contributed by atoms with Crippen molar-refractivity contribution in [2.24, 2.45) is 11.7 Å². The fourth-order valence-corrected chi connectivity index (χ4v) is 3.16. The summed E-state index contributed by atoms with van der Waals surface area (Å²) in [5.74, 6) is 1.07. The van der Waals surface area contributed by atoms with E-state index in [1.807, 2.05) is 4.90 Å². The number of rotatable bonds is 4. The maximum absolute atomic E-state index is 11.7. The predicted octanol–water partition coefficient (Wildman–Crippen LogP) is 1.92. The van der Waals surface area contributed by atoms with Crippen molar-refractivity contribution in [3.05, 3.63) is 0 Å². The predicted molar refractivity (Wildman–Crippen MR) is 75.8 cm³/mol. The molecule has 0 bridgehead atoms. The Hall–Kier alpha value is -0.610. The van der Waals surface area contributed by atoms with Crippen LogP contribution in [-0.4, -0.2) is 42.6 Å². The van der Waals surface area contributed by atoms with Crippen LogP contribution < -0.4 is 5.73 Å². The van der Waals surface area contributed by atoms with Gasteiger partial charge in [0, 0.05) is 26.1 Å². The second-order valence-corrected chi connectivity index (χ2v) is 6.14. The first-order chi connectivity index (χ1) is 9.19. The van der Waals surface area contributed by atoms with Crippen LogP contribution >= 0.6 is 0 Å². The van der Waals surface area contributed by atoms with Gasteiger partial charge in [-0.1, -0.05) is 6.92 Å². The number of nitrogens with zero attached hydrogens (tertiary/aromatic N) is 1. The highest BCUT2D eigenvalue weighted by atomic mass is 16.5. The zero-order chi connectivity index (χ0) is 13.7. The van der Waals surface area contributed by atoms with Crippen LogP contribution in [0.4, 0.5) is 0 Å². The van der Waals surface area contributed by atoms with Crippen molar-refractivity contribution >= 4 is 5.91 Å². The Bertz CT molecular complexity index is 280. The molecule has 1 amide bonds. The van der Waals surface area contributed by atoms with Gasteiger partial charge in [-0.15, -0.1) is 0 Å². The van der Waals surface area contributed by atoms with E-state index < -0.39 is 0 Å². The molecule has 1 saturated heterocycles. The highest BCUT2D eigenvalue weighted by Gasteiger charge is 2.26. The molecule has 1 aliphatic carbocycles. The van der Waals surface area contributed by atoms with Crippen molar-refractivity contribution < 1.29 is 9.53 Å². The Morgan fingerprint density at radius 3 is 2.26 bits per heavy atom. The zero-order valence-electron chi connectivity index (χ0n) is 12.1. The Balaban J connectivity index is 1.67. The van der Waals surface area contributed by atoms with E-state index in [0.717, 1.165) is 31.8 Å². The lowest BCUT2D eigenvalue weighted by Gasteiger charge is -2.35. The summed E-state index contributed by atoms with van der Waals surface area (Å²) in [7, 11) is 0. The SMILES string of the molecule is CC1CCC(OC2CCN(C(=O)CCN)CC2)CC1. The number of hydrogen-bond donors (Lipinski definition) is 1. The quantitative estimate of drug-likeness (QED) is 0.847. The number of carbonyl (C=O) groups excluding carboxylic acids is 1. The Kier molecular flexibility index (Phi) is 5.64. The lowest BCUT2D eigenvalue weighted by molar-refractivity contribution is -0.134. The number of ether oxygens (including phenoxy) is 1. The minimum atomic E-state index is 0.201. The summed E-state index contributed by atoms with van der Waals surface area (Å²) in [6.45, 7) is 4.46. The van der Waals surface area contributed by atoms with Crippen molar-refractivity contribution in [1.82, 2.24) is 4.90 Å². The molecular weight excluding hydrogens is 240 g/mol. The number of likely N-dealkylation sites (tertiary alicyclic amines) is 1. The fourth-order valence-electron chi connectivity index (χ4n) is 3.16. The summed E-state index contributed by atoms with van der Waals surface area (Å²) in [5.41, 5.74) is 5.43. The molecule has 0 spiro atoms. The van der Waals surface area contributed by atoms with Crippen LogP contribution in [-0.2, 0) is 9.53 Å². The van der Waals surface area contributed by atoms with Gasteiger partial charge < -0.3 is 15.4 Å². The van der Waals surface area contributed by atoms with E-state index in [9.17, 15) is 4.79 Å². The van der Waals surface area contributed by atoms with E-state index in [-0.39, 0.29) is 5.91 Å². The standard InChI is InChI=1S/C15H28N2O2/c1-12-2-4-13(5-3-12)19-14-7-10-17(11-8-14)15(18)6-9-16/h12-14H,2-11,16H2,1H3. The van der Waals surface area contributed by atoms with Crippen LogP contribution in [0.1, 0.15) is 51.9 Å². The molecule has 0 radical (unpaired) electrons. The second-order valence-electron chi connectivity index (χ2n) is 6.14. The number of carbonyl (C=O) groups is 1. The third-order valence-electron chi connectivity index (χ3n) is 4.50. The molecule has 2 fully saturated rings. The molecule has 2 rings (SSSR count). The highest BCUT2D eigenvalue weighted by Crippen LogP contribution is 2.28. The van der Waals surface area contributed by atoms with Crippen molar-refractivity contribution in [1.29, 1.82) is 0 Å². The molecule has 2 aliphatic rings. The minimum Gasteiger partial charge on any atom is -0.375 e. The Morgan fingerprint density at radius 1 is 1.11 bits per heavy atom. The van der Waals surface area contributed by atoms with Crippen LogP contribution in [0.5, 0.6) is 0 Å². The second kappa shape index (κ2) is 7.25. The molecule has 110 valence electrons. The lowest BCUT2D eigenvalue weighted by Crippen LogP contribution is -2.42. The molecule has 0 atom stereocenters. The van der Waals surface area contributed by atoms with E-state index in [0.29, 0.717) is 25.2 Å². The average molecular weight is 268 g/mol. The largest absolute Gasteiger partial charge is 0.375 e. The molecule has 2 N–H and O–H groups in total. The maximum atomic E-state index is 11.7. The van der Waals surface area contributed by atoms with E-state index in [2.05, 4.69) is 6.92 Å². The van der Waals surface area contributed by atoms with Gasteiger partial charge in [0.15, 0.2) is 0 Å². The third-order valence-corrected chi connectivity index (χ3v) is 4.50. The monoisotopic (exact) mass is 268 g/mol. The van der Waals surface area contributed by atoms with E-state index in [1.165, 1.54) is 25.7 Å². The molecule has 19 heavy (non-hydrogen) atoms. The van der Waals surface area contributed by atoms with Gasteiger partial charge in [0.05, 0.1) is 12.2 Å². The molecular formula is C15H28N2O2. The summed E-state index contributed by atoms with van der Waals surface area (Å²) in [6.07, 6.45) is 8.32. The van der Waals surface area contributed by atoms with Gasteiger partial charge in [-0.05, 0) is 44.4 Å². The van der Waals surface area contributed by atoms with Gasteiger partial charge in [-0.25, -0.2) is 0 Å². The lowest BCUT2D eigenvalue weighted by atomic mass is 9.88. The number of hydrogen-bond acceptors (Lipinski definition) is 3. The Labute approximate surface area is 116 Å². The average Bonchev–Trinajstić information content (AvgIpc) is 2.42. The van der Waals surface area contributed by atoms with Gasteiger partial charge in [0.25, 0.3) is 0 Å². The van der Waals surface area contributed by atoms with Crippen molar-refractivity contribution in [2.75, 3.05) is 19.6 Å². The van der Waals surface area contributed by atoms with Gasteiger partial charge >= 0.3 is 0 Å². The molecule has 4 heteroatoms. The summed E-state index contributed by atoms with van der Waals surface area (Å²) >= 11 is 0.